The average Bonchev–Trinajstić information content (AvgIpc) is 2.40. The highest BCUT2D eigenvalue weighted by atomic mass is 32.1. The number of rotatable bonds is 3. The Morgan fingerprint density at radius 3 is 2.63 bits per heavy atom. The molecule has 19 heavy (non-hydrogen) atoms. The van der Waals surface area contributed by atoms with Crippen molar-refractivity contribution in [2.24, 2.45) is 0 Å². The zero-order chi connectivity index (χ0) is 13.8. The van der Waals surface area contributed by atoms with Gasteiger partial charge in [0.05, 0.1) is 6.61 Å². The summed E-state index contributed by atoms with van der Waals surface area (Å²) in [7, 11) is 0. The van der Waals surface area contributed by atoms with E-state index in [1.54, 1.807) is 25.3 Å². The summed E-state index contributed by atoms with van der Waals surface area (Å²) in [5, 5.41) is 0.326. The summed E-state index contributed by atoms with van der Waals surface area (Å²) in [4.78, 5) is 8.48. The zero-order valence-corrected chi connectivity index (χ0v) is 11.5. The third-order valence-corrected chi connectivity index (χ3v) is 2.84. The fourth-order valence-electron chi connectivity index (χ4n) is 1.67. The van der Waals surface area contributed by atoms with Gasteiger partial charge in [-0.3, -0.25) is 0 Å². The molecule has 0 fully saturated rings. The van der Waals surface area contributed by atoms with Crippen molar-refractivity contribution in [3.8, 4) is 11.1 Å². The van der Waals surface area contributed by atoms with Crippen molar-refractivity contribution in [2.45, 2.75) is 13.8 Å². The van der Waals surface area contributed by atoms with Crippen molar-refractivity contribution < 1.29 is 9.13 Å². The fraction of sp³-hybridized carbons (Fsp3) is 0.214. The molecule has 0 bridgehead atoms. The van der Waals surface area contributed by atoms with Gasteiger partial charge in [0.25, 0.3) is 0 Å². The predicted molar refractivity (Wildman–Crippen MR) is 75.5 cm³/mol. The number of thiocarbonyl (C=S) groups is 1. The van der Waals surface area contributed by atoms with E-state index in [-0.39, 0.29) is 5.82 Å². The molecule has 3 nitrogen and oxygen atoms in total. The Bertz CT molecular complexity index is 599. The Morgan fingerprint density at radius 2 is 2.00 bits per heavy atom. The van der Waals surface area contributed by atoms with Gasteiger partial charge < -0.3 is 4.74 Å². The first-order chi connectivity index (χ1) is 9.11. The van der Waals surface area contributed by atoms with Crippen molar-refractivity contribution in [1.82, 2.24) is 9.97 Å². The fourth-order valence-corrected chi connectivity index (χ4v) is 1.94. The van der Waals surface area contributed by atoms with Crippen LogP contribution < -0.4 is 0 Å². The highest BCUT2D eigenvalue weighted by Crippen LogP contribution is 2.23. The van der Waals surface area contributed by atoms with Gasteiger partial charge in [-0.05, 0) is 43.8 Å². The van der Waals surface area contributed by atoms with Gasteiger partial charge in [-0.15, -0.1) is 0 Å². The lowest BCUT2D eigenvalue weighted by Gasteiger charge is -2.10. The van der Waals surface area contributed by atoms with Gasteiger partial charge in [-0.25, -0.2) is 14.4 Å². The van der Waals surface area contributed by atoms with Gasteiger partial charge >= 0.3 is 0 Å². The van der Waals surface area contributed by atoms with Crippen LogP contribution in [0.2, 0.25) is 0 Å². The molecule has 98 valence electrons. The van der Waals surface area contributed by atoms with E-state index in [0.717, 1.165) is 11.1 Å². The second-order valence-electron chi connectivity index (χ2n) is 3.91. The van der Waals surface area contributed by atoms with E-state index in [1.807, 2.05) is 6.92 Å². The van der Waals surface area contributed by atoms with E-state index in [4.69, 9.17) is 17.0 Å². The number of aryl methyl sites for hydroxylation is 1. The smallest absolute Gasteiger partial charge is 0.210 e. The van der Waals surface area contributed by atoms with Crippen molar-refractivity contribution in [2.75, 3.05) is 6.61 Å². The average molecular weight is 276 g/mol. The minimum absolute atomic E-state index is 0.286. The lowest BCUT2D eigenvalue weighted by molar-refractivity contribution is 0.336. The van der Waals surface area contributed by atoms with Crippen LogP contribution >= 0.6 is 12.2 Å². The highest BCUT2D eigenvalue weighted by Gasteiger charge is 2.13. The molecule has 5 heteroatoms. The number of aromatic nitrogens is 2. The second kappa shape index (κ2) is 5.84. The molecule has 1 aromatic carbocycles. The highest BCUT2D eigenvalue weighted by molar-refractivity contribution is 7.80. The molecule has 0 aliphatic carbocycles. The molecular weight excluding hydrogens is 263 g/mol. The van der Waals surface area contributed by atoms with Crippen LogP contribution in [0.5, 0.6) is 0 Å². The maximum absolute atomic E-state index is 13.0. The maximum Gasteiger partial charge on any atom is 0.210 e. The predicted octanol–water partition coefficient (Wildman–Crippen LogP) is 3.30. The third kappa shape index (κ3) is 3.12. The quantitative estimate of drug-likeness (QED) is 0.806. The third-order valence-electron chi connectivity index (χ3n) is 2.53. The molecule has 2 rings (SSSR count). The van der Waals surface area contributed by atoms with Gasteiger partial charge in [0.15, 0.2) is 0 Å². The van der Waals surface area contributed by atoms with E-state index >= 15 is 0 Å². The first-order valence-corrected chi connectivity index (χ1v) is 6.29. The molecule has 0 saturated carbocycles. The summed E-state index contributed by atoms with van der Waals surface area (Å²) >= 11 is 5.21. The second-order valence-corrected chi connectivity index (χ2v) is 4.28. The number of nitrogens with zero attached hydrogens (tertiary/aromatic N) is 2. The molecule has 2 aromatic rings. The van der Waals surface area contributed by atoms with Crippen LogP contribution in [0, 0.1) is 12.7 Å². The number of benzene rings is 1. The standard InChI is InChI=1S/C14H13FN2OS/c1-3-18-14(19)13-12(8-16-9(2)17-13)10-4-6-11(15)7-5-10/h4-8H,3H2,1-2H3. The molecule has 0 aliphatic rings. The van der Waals surface area contributed by atoms with Crippen LogP contribution in [0.3, 0.4) is 0 Å². The molecule has 0 spiro atoms. The van der Waals surface area contributed by atoms with E-state index in [0.29, 0.717) is 23.2 Å². The van der Waals surface area contributed by atoms with Crippen LogP contribution in [0.1, 0.15) is 18.4 Å². The molecule has 1 heterocycles. The number of hydrogen-bond donors (Lipinski definition) is 0. The van der Waals surface area contributed by atoms with Gasteiger partial charge in [0.2, 0.25) is 5.05 Å². The Kier molecular flexibility index (Phi) is 4.16. The molecule has 0 N–H and O–H groups in total. The van der Waals surface area contributed by atoms with Crippen LogP contribution in [-0.2, 0) is 4.74 Å². The van der Waals surface area contributed by atoms with Gasteiger partial charge in [0.1, 0.15) is 17.3 Å². The van der Waals surface area contributed by atoms with E-state index in [9.17, 15) is 4.39 Å². The topological polar surface area (TPSA) is 35.0 Å². The van der Waals surface area contributed by atoms with Crippen LogP contribution in [0.15, 0.2) is 30.5 Å². The Morgan fingerprint density at radius 1 is 1.32 bits per heavy atom. The monoisotopic (exact) mass is 276 g/mol. The number of hydrogen-bond acceptors (Lipinski definition) is 4. The normalized spacial score (nSPS) is 10.3. The summed E-state index contributed by atoms with van der Waals surface area (Å²) in [6.07, 6.45) is 1.68. The summed E-state index contributed by atoms with van der Waals surface area (Å²) in [5.74, 6) is 0.327. The summed E-state index contributed by atoms with van der Waals surface area (Å²) in [5.41, 5.74) is 2.11. The molecule has 0 unspecified atom stereocenters. The zero-order valence-electron chi connectivity index (χ0n) is 10.7. The lowest BCUT2D eigenvalue weighted by atomic mass is 10.1. The van der Waals surface area contributed by atoms with Gasteiger partial charge in [-0.1, -0.05) is 12.1 Å². The van der Waals surface area contributed by atoms with Crippen molar-refractivity contribution in [3.63, 3.8) is 0 Å². The molecule has 0 aliphatic heterocycles. The van der Waals surface area contributed by atoms with Crippen LogP contribution in [0.4, 0.5) is 4.39 Å². The SMILES string of the molecule is CCOC(=S)c1nc(C)ncc1-c1ccc(F)cc1. The Balaban J connectivity index is 2.50. The molecule has 0 saturated heterocycles. The van der Waals surface area contributed by atoms with Crippen LogP contribution in [-0.4, -0.2) is 21.6 Å². The molecular formula is C14H13FN2OS. The molecule has 0 radical (unpaired) electrons. The van der Waals surface area contributed by atoms with Crippen LogP contribution in [0.25, 0.3) is 11.1 Å². The molecule has 0 atom stereocenters. The number of halogens is 1. The summed E-state index contributed by atoms with van der Waals surface area (Å²) in [6.45, 7) is 4.12. The molecule has 1 aromatic heterocycles. The van der Waals surface area contributed by atoms with Crippen molar-refractivity contribution >= 4 is 17.3 Å². The number of ether oxygens (including phenoxy) is 1. The first kappa shape index (κ1) is 13.5. The summed E-state index contributed by atoms with van der Waals surface area (Å²) in [6, 6.07) is 6.12. The van der Waals surface area contributed by atoms with E-state index in [1.165, 1.54) is 12.1 Å². The van der Waals surface area contributed by atoms with Gasteiger partial charge in [-0.2, -0.15) is 0 Å². The largest absolute Gasteiger partial charge is 0.482 e. The first-order valence-electron chi connectivity index (χ1n) is 5.88. The van der Waals surface area contributed by atoms with Gasteiger partial charge in [0, 0.05) is 11.8 Å². The summed E-state index contributed by atoms with van der Waals surface area (Å²) < 4.78 is 18.3. The van der Waals surface area contributed by atoms with E-state index in [2.05, 4.69) is 9.97 Å². The molecule has 0 amide bonds. The lowest BCUT2D eigenvalue weighted by Crippen LogP contribution is -2.09. The Labute approximate surface area is 116 Å². The minimum Gasteiger partial charge on any atom is -0.482 e. The maximum atomic E-state index is 13.0. The van der Waals surface area contributed by atoms with Crippen molar-refractivity contribution in [3.05, 3.63) is 47.8 Å². The minimum atomic E-state index is -0.286. The van der Waals surface area contributed by atoms with Crippen molar-refractivity contribution in [1.29, 1.82) is 0 Å². The van der Waals surface area contributed by atoms with E-state index < -0.39 is 0 Å². The Hall–Kier alpha value is -1.88.